The molecular weight excluding hydrogens is 1000 g/mol. The molecule has 1 aliphatic carbocycles. The van der Waals surface area contributed by atoms with Crippen molar-refractivity contribution in [2.24, 2.45) is 17.8 Å². The van der Waals surface area contributed by atoms with Crippen molar-refractivity contribution in [1.82, 2.24) is 14.7 Å². The lowest BCUT2D eigenvalue weighted by Crippen LogP contribution is -2.68. The second kappa shape index (κ2) is 27.2. The molecule has 3 aliphatic heterocycles. The van der Waals surface area contributed by atoms with Gasteiger partial charge in [0.2, 0.25) is 0 Å². The van der Waals surface area contributed by atoms with Crippen LogP contribution in [0.2, 0.25) is 17.1 Å². The molecule has 7 atom stereocenters. The van der Waals surface area contributed by atoms with Crippen LogP contribution in [-0.4, -0.2) is 118 Å². The van der Waals surface area contributed by atoms with Crippen molar-refractivity contribution in [1.29, 1.82) is 0 Å². The van der Waals surface area contributed by atoms with Crippen LogP contribution in [-0.2, 0) is 0 Å². The average molecular weight is 1080 g/mol. The van der Waals surface area contributed by atoms with Gasteiger partial charge in [-0.25, -0.2) is 4.79 Å². The Morgan fingerprint density at radius 1 is 0.689 bits per heavy atom. The van der Waals surface area contributed by atoms with E-state index >= 15 is 0 Å². The molecule has 74 heavy (non-hydrogen) atoms. The van der Waals surface area contributed by atoms with E-state index in [1.807, 2.05) is 59.5 Å². The van der Waals surface area contributed by atoms with Crippen LogP contribution in [0.3, 0.4) is 0 Å². The summed E-state index contributed by atoms with van der Waals surface area (Å²) in [5.41, 5.74) is 6.84. The first-order chi connectivity index (χ1) is 35.8. The molecule has 0 spiro atoms. The number of methoxy groups -OCH3 is 2. The number of rotatable bonds is 11. The van der Waals surface area contributed by atoms with E-state index in [0.717, 1.165) is 81.6 Å². The molecular formula is C63H83BrN4O5Si. The van der Waals surface area contributed by atoms with Gasteiger partial charge in [0.1, 0.15) is 11.5 Å². The summed E-state index contributed by atoms with van der Waals surface area (Å²) in [7, 11) is 4.20. The summed E-state index contributed by atoms with van der Waals surface area (Å²) < 4.78 is 11.6. The highest BCUT2D eigenvalue weighted by Crippen LogP contribution is 2.55. The normalized spacial score (nSPS) is 22.9. The van der Waals surface area contributed by atoms with E-state index < -0.39 is 8.07 Å². The van der Waals surface area contributed by atoms with Crippen LogP contribution in [0, 0.1) is 29.6 Å². The standard InChI is InChI=1S/C31H33N3O3.C17H24BrNO.C15H26OSi/c1-37-27-17-15-26(16-18-27)32-31(36)33-19-5-6-20-34-28(21-33)30(29(34)22-35)25-13-11-24(12-14-25)10-9-23-7-3-2-4-8-23;1-19-9-3-2-4-14-15(10-19)17(16(14)11-20)12-5-7-13(18)8-6-12;1-7-17(12(2)3,13(4)5)15-10-8-14(16-6)9-11-15/h2-4,7-8,11-18,28-30,35H,5-6,19-22H2,1H3,(H,32,36);5-8,14-17,20H,2-4,9-11H2,1H3;8-13H,7H2,1-6H3/t28-,29+,30+;14?,15-,16+,17-;/m01./s1. The van der Waals surface area contributed by atoms with Gasteiger partial charge < -0.3 is 34.8 Å². The molecule has 5 aromatic carbocycles. The van der Waals surface area contributed by atoms with Gasteiger partial charge in [0.05, 0.1) is 28.9 Å². The lowest BCUT2D eigenvalue weighted by molar-refractivity contribution is -0.0585. The molecule has 3 heterocycles. The fraction of sp³-hybridized carbons (Fsp3) is 0.476. The Morgan fingerprint density at radius 3 is 1.84 bits per heavy atom. The zero-order chi connectivity index (χ0) is 52.8. The number of likely N-dealkylation sites (tertiary alicyclic amines) is 1. The Hall–Kier alpha value is -4.93. The molecule has 4 aliphatic rings. The molecule has 0 aromatic heterocycles. The first-order valence-electron chi connectivity index (χ1n) is 27.3. The monoisotopic (exact) mass is 1080 g/mol. The first kappa shape index (κ1) is 56.8. The van der Waals surface area contributed by atoms with Gasteiger partial charge in [-0.05, 0) is 164 Å². The fourth-order valence-electron chi connectivity index (χ4n) is 13.1. The van der Waals surface area contributed by atoms with E-state index in [0.29, 0.717) is 25.0 Å². The largest absolute Gasteiger partial charge is 0.497 e. The highest BCUT2D eigenvalue weighted by molar-refractivity contribution is 9.10. The molecule has 0 radical (unpaired) electrons. The van der Waals surface area contributed by atoms with Crippen LogP contribution in [0.25, 0.3) is 0 Å². The number of amides is 2. The maximum atomic E-state index is 13.2. The van der Waals surface area contributed by atoms with Gasteiger partial charge in [0.25, 0.3) is 0 Å². The third kappa shape index (κ3) is 13.5. The molecule has 11 heteroatoms. The molecule has 9 rings (SSSR count). The van der Waals surface area contributed by atoms with E-state index in [2.05, 4.69) is 157 Å². The number of benzene rings is 5. The van der Waals surface area contributed by atoms with Gasteiger partial charge in [-0.1, -0.05) is 135 Å². The Morgan fingerprint density at radius 2 is 1.26 bits per heavy atom. The van der Waals surface area contributed by atoms with Crippen molar-refractivity contribution in [3.8, 4) is 23.3 Å². The van der Waals surface area contributed by atoms with Crippen molar-refractivity contribution in [3.05, 3.63) is 154 Å². The summed E-state index contributed by atoms with van der Waals surface area (Å²) in [6.45, 7) is 17.1. The topological polar surface area (TPSA) is 97.7 Å². The predicted molar refractivity (Wildman–Crippen MR) is 311 cm³/mol. The van der Waals surface area contributed by atoms with Crippen LogP contribution in [0.15, 0.2) is 132 Å². The van der Waals surface area contributed by atoms with Crippen molar-refractivity contribution >= 4 is 40.9 Å². The number of urea groups is 1. The summed E-state index contributed by atoms with van der Waals surface area (Å²) >= 11 is 3.51. The number of hydrogen-bond acceptors (Lipinski definition) is 7. The Labute approximate surface area is 453 Å². The van der Waals surface area contributed by atoms with E-state index in [1.165, 1.54) is 49.5 Å². The number of carbonyl (C=O) groups is 1. The van der Waals surface area contributed by atoms with Crippen LogP contribution in [0.4, 0.5) is 10.5 Å². The molecule has 1 saturated carbocycles. The fourth-order valence-corrected chi connectivity index (χ4v) is 18.8. The lowest BCUT2D eigenvalue weighted by atomic mass is 9.53. The molecule has 1 unspecified atom stereocenters. The van der Waals surface area contributed by atoms with Crippen LogP contribution in [0.1, 0.15) is 101 Å². The number of nitrogens with zero attached hydrogens (tertiary/aromatic N) is 3. The Balaban J connectivity index is 0.000000181. The molecule has 4 fully saturated rings. The number of hydrogen-bond donors (Lipinski definition) is 3. The lowest BCUT2D eigenvalue weighted by Gasteiger charge is -2.57. The summed E-state index contributed by atoms with van der Waals surface area (Å²) in [6.07, 6.45) is 5.86. The number of fused-ring (bicyclic) bond motifs is 2. The van der Waals surface area contributed by atoms with E-state index in [9.17, 15) is 15.0 Å². The van der Waals surface area contributed by atoms with E-state index in [4.69, 9.17) is 9.47 Å². The number of nitrogens with one attached hydrogen (secondary N) is 1. The zero-order valence-electron chi connectivity index (χ0n) is 45.4. The number of ether oxygens (including phenoxy) is 2. The maximum Gasteiger partial charge on any atom is 0.321 e. The maximum absolute atomic E-state index is 13.2. The Kier molecular flexibility index (Phi) is 20.9. The van der Waals surface area contributed by atoms with E-state index in [1.54, 1.807) is 19.4 Å². The van der Waals surface area contributed by atoms with Crippen LogP contribution in [0.5, 0.6) is 11.5 Å². The molecule has 396 valence electrons. The average Bonchev–Trinajstić information content (AvgIpc) is 3.40. The van der Waals surface area contributed by atoms with E-state index in [-0.39, 0.29) is 30.6 Å². The quantitative estimate of drug-likeness (QED) is 0.0895. The van der Waals surface area contributed by atoms with Crippen molar-refractivity contribution in [2.75, 3.05) is 72.5 Å². The van der Waals surface area contributed by atoms with Gasteiger partial charge in [0, 0.05) is 65.5 Å². The molecule has 9 nitrogen and oxygen atoms in total. The minimum absolute atomic E-state index is 0.0656. The smallest absolute Gasteiger partial charge is 0.321 e. The minimum atomic E-state index is -1.39. The summed E-state index contributed by atoms with van der Waals surface area (Å²) in [4.78, 5) is 20.0. The number of aliphatic hydroxyl groups excluding tert-OH is 2. The molecule has 0 bridgehead atoms. The SMILES string of the molecule is CC[Si](c1ccc(OC)cc1)(C(C)C)C(C)C.CN1CCCCC2[C@@H](C1)[C@@H](c1ccc(Br)cc1)[C@H]2CO.COc1ccc(NC(=O)N2CCCCN3[C@H](CO)[C@H](c4ccc(C#Cc5ccccc5)cc4)[C@@H]3C2)cc1. The number of anilines is 1. The van der Waals surface area contributed by atoms with Crippen molar-refractivity contribution in [2.45, 2.75) is 108 Å². The summed E-state index contributed by atoms with van der Waals surface area (Å²) in [5, 5.41) is 24.7. The van der Waals surface area contributed by atoms with Crippen molar-refractivity contribution < 1.29 is 24.5 Å². The third-order valence-electron chi connectivity index (χ3n) is 17.0. The zero-order valence-corrected chi connectivity index (χ0v) is 47.9. The summed E-state index contributed by atoms with van der Waals surface area (Å²) in [5.74, 6) is 10.8. The van der Waals surface area contributed by atoms with Gasteiger partial charge in [-0.2, -0.15) is 0 Å². The second-order valence-corrected chi connectivity index (χ2v) is 28.2. The summed E-state index contributed by atoms with van der Waals surface area (Å²) in [6, 6.07) is 44.7. The first-order valence-corrected chi connectivity index (χ1v) is 30.4. The number of halogens is 1. The molecule has 3 N–H and O–H groups in total. The van der Waals surface area contributed by atoms with Crippen molar-refractivity contribution in [3.63, 3.8) is 0 Å². The predicted octanol–water partition coefficient (Wildman–Crippen LogP) is 12.2. The van der Waals surface area contributed by atoms with Gasteiger partial charge in [0.15, 0.2) is 0 Å². The minimum Gasteiger partial charge on any atom is -0.497 e. The van der Waals surface area contributed by atoms with Gasteiger partial charge >= 0.3 is 6.03 Å². The van der Waals surface area contributed by atoms with Gasteiger partial charge in [-0.15, -0.1) is 0 Å². The highest BCUT2D eigenvalue weighted by atomic mass is 79.9. The van der Waals surface area contributed by atoms with Gasteiger partial charge in [-0.3, -0.25) is 4.90 Å². The molecule has 2 amide bonds. The second-order valence-electron chi connectivity index (χ2n) is 21.6. The highest BCUT2D eigenvalue weighted by Gasteiger charge is 2.51. The third-order valence-corrected chi connectivity index (χ3v) is 24.3. The molecule has 5 aromatic rings. The Bertz CT molecular complexity index is 2540. The van der Waals surface area contributed by atoms with Crippen LogP contribution >= 0.6 is 15.9 Å². The van der Waals surface area contributed by atoms with Crippen LogP contribution < -0.4 is 20.0 Å². The number of carbonyl (C=O) groups excluding carboxylic acids is 1. The number of aliphatic hydroxyl groups is 2. The molecule has 3 saturated heterocycles.